The lowest BCUT2D eigenvalue weighted by atomic mass is 10.1. The SMILES string of the molecule is CCc1ccc(NC(=O)C(C)n2cnc3sc(C(=O)Nc4ccccc4C)c(C)c3c2=O)cc1. The lowest BCUT2D eigenvalue weighted by molar-refractivity contribution is -0.118. The first-order valence-corrected chi connectivity index (χ1v) is 11.9. The highest BCUT2D eigenvalue weighted by molar-refractivity contribution is 7.20. The van der Waals surface area contributed by atoms with Gasteiger partial charge in [-0.25, -0.2) is 4.98 Å². The van der Waals surface area contributed by atoms with Gasteiger partial charge in [-0.3, -0.25) is 19.0 Å². The van der Waals surface area contributed by atoms with Crippen molar-refractivity contribution in [2.45, 2.75) is 40.2 Å². The zero-order valence-electron chi connectivity index (χ0n) is 19.5. The molecule has 1 unspecified atom stereocenters. The van der Waals surface area contributed by atoms with Gasteiger partial charge in [0.15, 0.2) is 0 Å². The molecule has 4 aromatic rings. The van der Waals surface area contributed by atoms with Gasteiger partial charge in [-0.1, -0.05) is 37.3 Å². The van der Waals surface area contributed by atoms with Crippen LogP contribution in [0.5, 0.6) is 0 Å². The van der Waals surface area contributed by atoms with E-state index in [4.69, 9.17) is 0 Å². The van der Waals surface area contributed by atoms with Crippen LogP contribution in [0.3, 0.4) is 0 Å². The molecule has 0 saturated carbocycles. The maximum atomic E-state index is 13.3. The van der Waals surface area contributed by atoms with Crippen LogP contribution in [0.25, 0.3) is 10.2 Å². The second-order valence-corrected chi connectivity index (χ2v) is 9.18. The van der Waals surface area contributed by atoms with Gasteiger partial charge in [0.1, 0.15) is 10.9 Å². The first-order valence-electron chi connectivity index (χ1n) is 11.1. The van der Waals surface area contributed by atoms with E-state index in [0.717, 1.165) is 12.0 Å². The van der Waals surface area contributed by atoms with Crippen molar-refractivity contribution < 1.29 is 9.59 Å². The van der Waals surface area contributed by atoms with Crippen molar-refractivity contribution in [3.63, 3.8) is 0 Å². The predicted octanol–water partition coefficient (Wildman–Crippen LogP) is 5.09. The average Bonchev–Trinajstić information content (AvgIpc) is 3.18. The number of aromatic nitrogens is 2. The van der Waals surface area contributed by atoms with E-state index in [1.165, 1.54) is 27.8 Å². The summed E-state index contributed by atoms with van der Waals surface area (Å²) in [6.45, 7) is 7.37. The normalized spacial score (nSPS) is 11.9. The molecule has 34 heavy (non-hydrogen) atoms. The number of para-hydroxylation sites is 1. The maximum absolute atomic E-state index is 13.3. The van der Waals surface area contributed by atoms with E-state index in [1.54, 1.807) is 13.8 Å². The number of nitrogens with one attached hydrogen (secondary N) is 2. The number of nitrogens with zero attached hydrogens (tertiary/aromatic N) is 2. The molecular formula is C26H26N4O3S. The van der Waals surface area contributed by atoms with Gasteiger partial charge in [0, 0.05) is 11.4 Å². The zero-order valence-corrected chi connectivity index (χ0v) is 20.3. The van der Waals surface area contributed by atoms with Crippen molar-refractivity contribution in [1.29, 1.82) is 0 Å². The molecule has 8 heteroatoms. The number of hydrogen-bond acceptors (Lipinski definition) is 5. The second-order valence-electron chi connectivity index (χ2n) is 8.18. The summed E-state index contributed by atoms with van der Waals surface area (Å²) in [7, 11) is 0. The minimum atomic E-state index is -0.779. The third-order valence-corrected chi connectivity index (χ3v) is 7.10. The molecule has 1 atom stereocenters. The summed E-state index contributed by atoms with van der Waals surface area (Å²) in [5.41, 5.74) is 3.70. The van der Waals surface area contributed by atoms with Gasteiger partial charge in [-0.15, -0.1) is 11.3 Å². The van der Waals surface area contributed by atoms with Crippen LogP contribution < -0.4 is 16.2 Å². The van der Waals surface area contributed by atoms with Gasteiger partial charge in [0.05, 0.1) is 16.6 Å². The number of amides is 2. The molecule has 0 aliphatic heterocycles. The first-order chi connectivity index (χ1) is 16.3. The molecule has 7 nitrogen and oxygen atoms in total. The number of thiophene rings is 1. The van der Waals surface area contributed by atoms with Crippen molar-refractivity contribution in [2.75, 3.05) is 10.6 Å². The van der Waals surface area contributed by atoms with Crippen LogP contribution in [0.1, 0.15) is 46.3 Å². The summed E-state index contributed by atoms with van der Waals surface area (Å²) >= 11 is 1.17. The van der Waals surface area contributed by atoms with Gasteiger partial charge in [-0.05, 0) is 62.1 Å². The summed E-state index contributed by atoms with van der Waals surface area (Å²) in [6, 6.07) is 14.3. The summed E-state index contributed by atoms with van der Waals surface area (Å²) in [4.78, 5) is 44.3. The van der Waals surface area contributed by atoms with E-state index in [-0.39, 0.29) is 17.4 Å². The number of rotatable bonds is 6. The Bertz CT molecular complexity index is 1440. The van der Waals surface area contributed by atoms with Crippen LogP contribution in [0.4, 0.5) is 11.4 Å². The van der Waals surface area contributed by atoms with E-state index in [9.17, 15) is 14.4 Å². The van der Waals surface area contributed by atoms with E-state index in [2.05, 4.69) is 22.5 Å². The van der Waals surface area contributed by atoms with E-state index in [0.29, 0.717) is 32.0 Å². The van der Waals surface area contributed by atoms with Crippen LogP contribution in [-0.2, 0) is 11.2 Å². The fourth-order valence-corrected chi connectivity index (χ4v) is 4.75. The van der Waals surface area contributed by atoms with Crippen LogP contribution in [0.2, 0.25) is 0 Å². The molecule has 174 valence electrons. The predicted molar refractivity (Wildman–Crippen MR) is 137 cm³/mol. The van der Waals surface area contributed by atoms with Crippen molar-refractivity contribution in [3.8, 4) is 0 Å². The van der Waals surface area contributed by atoms with Crippen molar-refractivity contribution in [1.82, 2.24) is 9.55 Å². The smallest absolute Gasteiger partial charge is 0.266 e. The molecule has 0 fully saturated rings. The Hall–Kier alpha value is -3.78. The first kappa shape index (κ1) is 23.4. The Balaban J connectivity index is 1.61. The quantitative estimate of drug-likeness (QED) is 0.407. The maximum Gasteiger partial charge on any atom is 0.266 e. The van der Waals surface area contributed by atoms with Crippen molar-refractivity contribution >= 4 is 44.7 Å². The molecule has 2 N–H and O–H groups in total. The monoisotopic (exact) mass is 474 g/mol. The fourth-order valence-electron chi connectivity index (χ4n) is 3.72. The molecule has 0 saturated heterocycles. The summed E-state index contributed by atoms with van der Waals surface area (Å²) in [5, 5.41) is 6.11. The minimum absolute atomic E-state index is 0.290. The molecule has 0 radical (unpaired) electrons. The van der Waals surface area contributed by atoms with Crippen LogP contribution in [-0.4, -0.2) is 21.4 Å². The second kappa shape index (κ2) is 9.61. The van der Waals surface area contributed by atoms with E-state index in [1.807, 2.05) is 55.5 Å². The van der Waals surface area contributed by atoms with E-state index >= 15 is 0 Å². The largest absolute Gasteiger partial charge is 0.324 e. The number of aryl methyl sites for hydroxylation is 3. The average molecular weight is 475 g/mol. The Morgan fingerprint density at radius 3 is 2.44 bits per heavy atom. The van der Waals surface area contributed by atoms with Crippen molar-refractivity contribution in [3.05, 3.63) is 86.8 Å². The van der Waals surface area contributed by atoms with Crippen LogP contribution in [0.15, 0.2) is 59.7 Å². The Kier molecular flexibility index (Phi) is 6.61. The Morgan fingerprint density at radius 1 is 1.06 bits per heavy atom. The third kappa shape index (κ3) is 4.49. The fraction of sp³-hybridized carbons (Fsp3) is 0.231. The molecule has 0 bridgehead atoms. The van der Waals surface area contributed by atoms with Crippen LogP contribution >= 0.6 is 11.3 Å². The summed E-state index contributed by atoms with van der Waals surface area (Å²) < 4.78 is 1.31. The van der Waals surface area contributed by atoms with Gasteiger partial charge < -0.3 is 10.6 Å². The summed E-state index contributed by atoms with van der Waals surface area (Å²) in [6.07, 6.45) is 2.28. The number of benzene rings is 2. The highest BCUT2D eigenvalue weighted by atomic mass is 32.1. The minimum Gasteiger partial charge on any atom is -0.324 e. The molecule has 0 aliphatic rings. The molecule has 0 aliphatic carbocycles. The van der Waals surface area contributed by atoms with E-state index < -0.39 is 6.04 Å². The lowest BCUT2D eigenvalue weighted by Crippen LogP contribution is -2.31. The number of carbonyl (C=O) groups is 2. The highest BCUT2D eigenvalue weighted by Crippen LogP contribution is 2.28. The van der Waals surface area contributed by atoms with Gasteiger partial charge in [-0.2, -0.15) is 0 Å². The Morgan fingerprint density at radius 2 is 1.76 bits per heavy atom. The number of anilines is 2. The number of fused-ring (bicyclic) bond motifs is 1. The molecule has 4 rings (SSSR count). The van der Waals surface area contributed by atoms with Gasteiger partial charge in [0.25, 0.3) is 11.5 Å². The third-order valence-electron chi connectivity index (χ3n) is 5.90. The highest BCUT2D eigenvalue weighted by Gasteiger charge is 2.23. The molecule has 2 aromatic carbocycles. The lowest BCUT2D eigenvalue weighted by Gasteiger charge is -2.15. The van der Waals surface area contributed by atoms with Gasteiger partial charge in [0.2, 0.25) is 5.91 Å². The molecular weight excluding hydrogens is 448 g/mol. The standard InChI is InChI=1S/C26H26N4O3S/c1-5-18-10-12-19(13-11-18)28-23(31)17(4)30-14-27-25-21(26(30)33)16(3)22(34-25)24(32)29-20-9-7-6-8-15(20)2/h6-14,17H,5H2,1-4H3,(H,28,31)(H,29,32). The summed E-state index contributed by atoms with van der Waals surface area (Å²) in [5.74, 6) is -0.611. The van der Waals surface area contributed by atoms with Crippen LogP contribution in [0, 0.1) is 13.8 Å². The zero-order chi connectivity index (χ0) is 24.4. The molecule has 2 heterocycles. The molecule has 2 aromatic heterocycles. The molecule has 0 spiro atoms. The van der Waals surface area contributed by atoms with Gasteiger partial charge >= 0.3 is 0 Å². The van der Waals surface area contributed by atoms with Crippen molar-refractivity contribution in [2.24, 2.45) is 0 Å². The number of carbonyl (C=O) groups excluding carboxylic acids is 2. The number of hydrogen-bond donors (Lipinski definition) is 2. The molecule has 2 amide bonds. The Labute approximate surface area is 201 Å². The topological polar surface area (TPSA) is 93.1 Å².